The van der Waals surface area contributed by atoms with Gasteiger partial charge in [-0.25, -0.2) is 0 Å². The molecule has 0 saturated heterocycles. The van der Waals surface area contributed by atoms with E-state index in [0.717, 1.165) is 5.69 Å². The molecule has 1 aromatic rings. The molecule has 63 valence electrons. The highest BCUT2D eigenvalue weighted by atomic mass is 16.4. The molecule has 0 fully saturated rings. The Morgan fingerprint density at radius 3 is 3.00 bits per heavy atom. The van der Waals surface area contributed by atoms with Gasteiger partial charge >= 0.3 is 0 Å². The van der Waals surface area contributed by atoms with Crippen molar-refractivity contribution < 1.29 is 5.21 Å². The van der Waals surface area contributed by atoms with Gasteiger partial charge in [-0.05, 0) is 32.4 Å². The molecule has 0 aromatic carbocycles. The van der Waals surface area contributed by atoms with Crippen LogP contribution in [0, 0.1) is 6.92 Å². The van der Waals surface area contributed by atoms with Gasteiger partial charge in [-0.2, -0.15) is 0 Å². The van der Waals surface area contributed by atoms with E-state index in [1.165, 1.54) is 0 Å². The summed E-state index contributed by atoms with van der Waals surface area (Å²) in [4.78, 5) is 4.21. The second-order valence-corrected chi connectivity index (χ2v) is 2.45. The van der Waals surface area contributed by atoms with E-state index in [1.54, 1.807) is 13.0 Å². The van der Waals surface area contributed by atoms with E-state index in [1.807, 2.05) is 12.1 Å². The molecule has 0 atom stereocenters. The molecule has 3 heteroatoms. The van der Waals surface area contributed by atoms with Crippen LogP contribution in [0.25, 0.3) is 0 Å². The van der Waals surface area contributed by atoms with E-state index in [0.29, 0.717) is 17.8 Å². The van der Waals surface area contributed by atoms with Crippen LogP contribution in [0.15, 0.2) is 23.4 Å². The zero-order chi connectivity index (χ0) is 8.97. The van der Waals surface area contributed by atoms with Crippen LogP contribution in [-0.4, -0.2) is 15.9 Å². The summed E-state index contributed by atoms with van der Waals surface area (Å²) in [5, 5.41) is 11.6. The zero-order valence-electron chi connectivity index (χ0n) is 6.99. The van der Waals surface area contributed by atoms with Crippen molar-refractivity contribution in [3.63, 3.8) is 0 Å². The van der Waals surface area contributed by atoms with Gasteiger partial charge in [0.1, 0.15) is 5.71 Å². The van der Waals surface area contributed by atoms with E-state index < -0.39 is 0 Å². The third-order valence-corrected chi connectivity index (χ3v) is 1.58. The predicted molar refractivity (Wildman–Crippen MR) is 47.3 cm³/mol. The Labute approximate surface area is 71.8 Å². The Bertz CT molecular complexity index is 294. The quantitative estimate of drug-likeness (QED) is 0.409. The predicted octanol–water partition coefficient (Wildman–Crippen LogP) is 1.66. The summed E-state index contributed by atoms with van der Waals surface area (Å²) in [6.07, 6.45) is 0.645. The second-order valence-electron chi connectivity index (χ2n) is 2.45. The Hall–Kier alpha value is -1.38. The van der Waals surface area contributed by atoms with Gasteiger partial charge in [-0.1, -0.05) is 11.2 Å². The first-order valence-corrected chi connectivity index (χ1v) is 3.72. The molecule has 1 aromatic heterocycles. The zero-order valence-corrected chi connectivity index (χ0v) is 6.99. The van der Waals surface area contributed by atoms with Crippen molar-refractivity contribution in [2.24, 2.45) is 5.16 Å². The van der Waals surface area contributed by atoms with Gasteiger partial charge in [0, 0.05) is 5.69 Å². The summed E-state index contributed by atoms with van der Waals surface area (Å²) >= 11 is 0. The van der Waals surface area contributed by atoms with E-state index in [9.17, 15) is 0 Å². The fraction of sp³-hybridized carbons (Fsp3) is 0.222. The molecule has 1 radical (unpaired) electrons. The normalized spacial score (nSPS) is 11.7. The molecule has 12 heavy (non-hydrogen) atoms. The maximum atomic E-state index is 8.48. The summed E-state index contributed by atoms with van der Waals surface area (Å²) < 4.78 is 0. The van der Waals surface area contributed by atoms with Crippen molar-refractivity contribution in [3.8, 4) is 0 Å². The lowest BCUT2D eigenvalue weighted by molar-refractivity contribution is 0.319. The lowest BCUT2D eigenvalue weighted by Gasteiger charge is -1.99. The molecule has 0 unspecified atom stereocenters. The van der Waals surface area contributed by atoms with Crippen LogP contribution in [0.4, 0.5) is 0 Å². The van der Waals surface area contributed by atoms with Crippen LogP contribution < -0.4 is 0 Å². The number of rotatable bonds is 2. The van der Waals surface area contributed by atoms with Crippen LogP contribution >= 0.6 is 0 Å². The van der Waals surface area contributed by atoms with Crippen LogP contribution in [0.2, 0.25) is 0 Å². The first-order chi connectivity index (χ1) is 5.77. The Morgan fingerprint density at radius 2 is 2.42 bits per heavy atom. The molecule has 0 spiro atoms. The molecule has 0 aliphatic heterocycles. The van der Waals surface area contributed by atoms with Gasteiger partial charge in [0.15, 0.2) is 0 Å². The monoisotopic (exact) mass is 163 g/mol. The second kappa shape index (κ2) is 3.85. The minimum Gasteiger partial charge on any atom is -0.411 e. The first kappa shape index (κ1) is 8.71. The van der Waals surface area contributed by atoms with Crippen molar-refractivity contribution in [3.05, 3.63) is 36.5 Å². The van der Waals surface area contributed by atoms with Crippen LogP contribution in [0.5, 0.6) is 0 Å². The van der Waals surface area contributed by atoms with Crippen molar-refractivity contribution in [2.45, 2.75) is 13.3 Å². The topological polar surface area (TPSA) is 45.5 Å². The summed E-state index contributed by atoms with van der Waals surface area (Å²) in [6.45, 7) is 5.42. The Morgan fingerprint density at radius 1 is 1.67 bits per heavy atom. The summed E-state index contributed by atoms with van der Waals surface area (Å²) in [7, 11) is 0. The molecule has 1 heterocycles. The lowest BCUT2D eigenvalue weighted by Crippen LogP contribution is -2.00. The molecule has 0 aliphatic carbocycles. The molecular weight excluding hydrogens is 152 g/mol. The lowest BCUT2D eigenvalue weighted by atomic mass is 10.2. The summed E-state index contributed by atoms with van der Waals surface area (Å²) in [6, 6.07) is 5.56. The number of hydrogen-bond acceptors (Lipinski definition) is 3. The molecule has 1 N–H and O–H groups in total. The van der Waals surface area contributed by atoms with Crippen molar-refractivity contribution in [2.75, 3.05) is 0 Å². The highest BCUT2D eigenvalue weighted by Crippen LogP contribution is 2.01. The molecule has 0 aliphatic rings. The SMILES string of the molecule is [CH2]Cc1cccc(C(C)=NO)n1. The van der Waals surface area contributed by atoms with Gasteiger partial charge in [-0.15, -0.1) is 0 Å². The molecular formula is C9H11N2O. The third kappa shape index (κ3) is 1.81. The van der Waals surface area contributed by atoms with E-state index in [-0.39, 0.29) is 0 Å². The minimum atomic E-state index is 0.519. The summed E-state index contributed by atoms with van der Waals surface area (Å²) in [5.41, 5.74) is 2.11. The average Bonchev–Trinajstić information content (AvgIpc) is 2.17. The van der Waals surface area contributed by atoms with Gasteiger partial charge in [0.2, 0.25) is 0 Å². The fourth-order valence-electron chi connectivity index (χ4n) is 0.872. The molecule has 0 bridgehead atoms. The van der Waals surface area contributed by atoms with Gasteiger partial charge < -0.3 is 5.21 Å². The molecule has 1 rings (SSSR count). The van der Waals surface area contributed by atoms with E-state index >= 15 is 0 Å². The van der Waals surface area contributed by atoms with Crippen LogP contribution in [0.3, 0.4) is 0 Å². The number of hydrogen-bond donors (Lipinski definition) is 1. The van der Waals surface area contributed by atoms with Gasteiger partial charge in [-0.3, -0.25) is 4.98 Å². The maximum Gasteiger partial charge on any atom is 0.102 e. The smallest absolute Gasteiger partial charge is 0.102 e. The standard InChI is InChI=1S/C9H11N2O/c1-3-8-5-4-6-9(10-8)7(2)11-12/h4-6,12H,1,3H2,2H3. The highest BCUT2D eigenvalue weighted by Gasteiger charge is 1.99. The van der Waals surface area contributed by atoms with Crippen LogP contribution in [-0.2, 0) is 6.42 Å². The number of pyridine rings is 1. The molecule has 0 saturated carbocycles. The van der Waals surface area contributed by atoms with Crippen molar-refractivity contribution in [1.29, 1.82) is 0 Å². The van der Waals surface area contributed by atoms with Gasteiger partial charge in [0.25, 0.3) is 0 Å². The maximum absolute atomic E-state index is 8.48. The van der Waals surface area contributed by atoms with Crippen molar-refractivity contribution in [1.82, 2.24) is 4.98 Å². The summed E-state index contributed by atoms with van der Waals surface area (Å²) in [5.74, 6) is 0. The minimum absolute atomic E-state index is 0.519. The highest BCUT2D eigenvalue weighted by molar-refractivity contribution is 5.96. The number of oxime groups is 1. The first-order valence-electron chi connectivity index (χ1n) is 3.72. The Balaban J connectivity index is 3.02. The average molecular weight is 163 g/mol. The van der Waals surface area contributed by atoms with Gasteiger partial charge in [0.05, 0.1) is 5.69 Å². The Kier molecular flexibility index (Phi) is 2.80. The largest absolute Gasteiger partial charge is 0.411 e. The number of nitrogens with zero attached hydrogens (tertiary/aromatic N) is 2. The van der Waals surface area contributed by atoms with Crippen molar-refractivity contribution >= 4 is 5.71 Å². The number of aromatic nitrogens is 1. The third-order valence-electron chi connectivity index (χ3n) is 1.58. The van der Waals surface area contributed by atoms with Crippen LogP contribution in [0.1, 0.15) is 18.3 Å². The van der Waals surface area contributed by atoms with E-state index in [4.69, 9.17) is 5.21 Å². The molecule has 0 amide bonds. The molecule has 3 nitrogen and oxygen atoms in total. The fourth-order valence-corrected chi connectivity index (χ4v) is 0.872. The van der Waals surface area contributed by atoms with E-state index in [2.05, 4.69) is 17.1 Å².